The summed E-state index contributed by atoms with van der Waals surface area (Å²) in [6, 6.07) is 11.7. The summed E-state index contributed by atoms with van der Waals surface area (Å²) in [6.07, 6.45) is 8.81. The third kappa shape index (κ3) is 2.09. The minimum absolute atomic E-state index is 0.627. The SMILES string of the molecule is c1ccc(C(NCC2(C3CC3)CC2)C2CC2)cc1. The van der Waals surface area contributed by atoms with Crippen molar-refractivity contribution in [1.82, 2.24) is 5.32 Å². The Balaban J connectivity index is 1.44. The molecule has 4 rings (SSSR count). The molecular formula is C17H23N. The third-order valence-corrected chi connectivity index (χ3v) is 5.26. The molecule has 18 heavy (non-hydrogen) atoms. The van der Waals surface area contributed by atoms with Crippen LogP contribution in [0.5, 0.6) is 0 Å². The molecule has 96 valence electrons. The summed E-state index contributed by atoms with van der Waals surface area (Å²) >= 11 is 0. The fraction of sp³-hybridized carbons (Fsp3) is 0.647. The highest BCUT2D eigenvalue weighted by Crippen LogP contribution is 2.61. The Labute approximate surface area is 110 Å². The van der Waals surface area contributed by atoms with Gasteiger partial charge in [0.25, 0.3) is 0 Å². The molecule has 1 heteroatoms. The van der Waals surface area contributed by atoms with Crippen molar-refractivity contribution in [2.45, 2.75) is 44.6 Å². The number of hydrogen-bond donors (Lipinski definition) is 1. The van der Waals surface area contributed by atoms with Crippen LogP contribution in [0.15, 0.2) is 30.3 Å². The lowest BCUT2D eigenvalue weighted by Crippen LogP contribution is -2.30. The Kier molecular flexibility index (Phi) is 2.51. The first-order valence-electron chi connectivity index (χ1n) is 7.66. The maximum atomic E-state index is 3.92. The molecule has 3 aliphatic rings. The lowest BCUT2D eigenvalue weighted by Gasteiger charge is -2.23. The molecule has 3 aliphatic carbocycles. The van der Waals surface area contributed by atoms with E-state index in [2.05, 4.69) is 35.6 Å². The highest BCUT2D eigenvalue weighted by molar-refractivity contribution is 5.21. The first kappa shape index (κ1) is 11.0. The van der Waals surface area contributed by atoms with Crippen molar-refractivity contribution in [3.8, 4) is 0 Å². The Bertz CT molecular complexity index is 412. The van der Waals surface area contributed by atoms with Crippen LogP contribution in [0.2, 0.25) is 0 Å². The minimum atomic E-state index is 0.627. The van der Waals surface area contributed by atoms with Gasteiger partial charge in [-0.3, -0.25) is 0 Å². The van der Waals surface area contributed by atoms with Gasteiger partial charge in [0, 0.05) is 12.6 Å². The molecule has 0 radical (unpaired) electrons. The zero-order chi connectivity index (χ0) is 12.0. The van der Waals surface area contributed by atoms with E-state index < -0.39 is 0 Å². The molecule has 1 unspecified atom stereocenters. The van der Waals surface area contributed by atoms with Gasteiger partial charge in [0.05, 0.1) is 0 Å². The predicted molar refractivity (Wildman–Crippen MR) is 74.3 cm³/mol. The van der Waals surface area contributed by atoms with E-state index in [-0.39, 0.29) is 0 Å². The van der Waals surface area contributed by atoms with Gasteiger partial charge in [0.15, 0.2) is 0 Å². The smallest absolute Gasteiger partial charge is 0.0348 e. The molecule has 0 heterocycles. The van der Waals surface area contributed by atoms with Crippen molar-refractivity contribution in [3.63, 3.8) is 0 Å². The summed E-state index contributed by atoms with van der Waals surface area (Å²) in [5.41, 5.74) is 2.23. The third-order valence-electron chi connectivity index (χ3n) is 5.26. The van der Waals surface area contributed by atoms with Crippen LogP contribution in [-0.4, -0.2) is 6.54 Å². The summed E-state index contributed by atoms with van der Waals surface area (Å²) in [6.45, 7) is 1.27. The summed E-state index contributed by atoms with van der Waals surface area (Å²) < 4.78 is 0. The Morgan fingerprint density at radius 3 is 2.33 bits per heavy atom. The van der Waals surface area contributed by atoms with Crippen molar-refractivity contribution in [2.24, 2.45) is 17.3 Å². The van der Waals surface area contributed by atoms with Crippen LogP contribution < -0.4 is 5.32 Å². The molecule has 1 atom stereocenters. The largest absolute Gasteiger partial charge is 0.309 e. The molecule has 1 aromatic rings. The lowest BCUT2D eigenvalue weighted by atomic mass is 9.97. The zero-order valence-corrected chi connectivity index (χ0v) is 11.1. The fourth-order valence-corrected chi connectivity index (χ4v) is 3.55. The van der Waals surface area contributed by atoms with Crippen LogP contribution in [-0.2, 0) is 0 Å². The van der Waals surface area contributed by atoms with Gasteiger partial charge in [-0.25, -0.2) is 0 Å². The van der Waals surface area contributed by atoms with E-state index in [9.17, 15) is 0 Å². The molecule has 0 aromatic heterocycles. The molecule has 1 nitrogen and oxygen atoms in total. The van der Waals surface area contributed by atoms with Gasteiger partial charge in [-0.1, -0.05) is 30.3 Å². The van der Waals surface area contributed by atoms with Crippen LogP contribution in [0.4, 0.5) is 0 Å². The van der Waals surface area contributed by atoms with Gasteiger partial charge >= 0.3 is 0 Å². The molecule has 1 aromatic carbocycles. The van der Waals surface area contributed by atoms with Crippen molar-refractivity contribution in [1.29, 1.82) is 0 Å². The van der Waals surface area contributed by atoms with Crippen molar-refractivity contribution in [3.05, 3.63) is 35.9 Å². The molecule has 0 bridgehead atoms. The summed E-state index contributed by atoms with van der Waals surface area (Å²) in [7, 11) is 0. The van der Waals surface area contributed by atoms with E-state index in [0.29, 0.717) is 6.04 Å². The number of rotatable bonds is 6. The second-order valence-corrected chi connectivity index (χ2v) is 6.74. The van der Waals surface area contributed by atoms with E-state index in [1.807, 2.05) is 0 Å². The molecule has 1 N–H and O–H groups in total. The average molecular weight is 241 g/mol. The summed E-state index contributed by atoms with van der Waals surface area (Å²) in [5.74, 6) is 1.98. The average Bonchev–Trinajstić information content (AvgIpc) is 3.28. The molecule has 0 spiro atoms. The van der Waals surface area contributed by atoms with Gasteiger partial charge < -0.3 is 5.32 Å². The lowest BCUT2D eigenvalue weighted by molar-refractivity contribution is 0.359. The maximum absolute atomic E-state index is 3.92. The Morgan fingerprint density at radius 2 is 1.78 bits per heavy atom. The second kappa shape index (κ2) is 4.09. The first-order valence-corrected chi connectivity index (χ1v) is 7.66. The standard InChI is InChI=1S/C17H23N/c1-2-4-13(5-3-1)16(14-6-7-14)18-12-17(10-11-17)15-8-9-15/h1-5,14-16,18H,6-12H2. The van der Waals surface area contributed by atoms with Gasteiger partial charge in [-0.05, 0) is 61.3 Å². The Hall–Kier alpha value is -0.820. The highest BCUT2D eigenvalue weighted by atomic mass is 15.0. The predicted octanol–water partition coefficient (Wildman–Crippen LogP) is 3.92. The van der Waals surface area contributed by atoms with Crippen LogP contribution >= 0.6 is 0 Å². The van der Waals surface area contributed by atoms with Crippen LogP contribution in [0, 0.1) is 17.3 Å². The molecular weight excluding hydrogens is 218 g/mol. The fourth-order valence-electron chi connectivity index (χ4n) is 3.55. The molecule has 0 saturated heterocycles. The first-order chi connectivity index (χ1) is 8.87. The highest BCUT2D eigenvalue weighted by Gasteiger charge is 2.53. The number of nitrogens with one attached hydrogen (secondary N) is 1. The van der Waals surface area contributed by atoms with Crippen LogP contribution in [0.3, 0.4) is 0 Å². The number of benzene rings is 1. The zero-order valence-electron chi connectivity index (χ0n) is 11.1. The Morgan fingerprint density at radius 1 is 1.06 bits per heavy atom. The minimum Gasteiger partial charge on any atom is -0.309 e. The van der Waals surface area contributed by atoms with Gasteiger partial charge in [0.2, 0.25) is 0 Å². The van der Waals surface area contributed by atoms with E-state index in [0.717, 1.165) is 17.3 Å². The monoisotopic (exact) mass is 241 g/mol. The second-order valence-electron chi connectivity index (χ2n) is 6.74. The number of hydrogen-bond acceptors (Lipinski definition) is 1. The van der Waals surface area contributed by atoms with Crippen LogP contribution in [0.25, 0.3) is 0 Å². The van der Waals surface area contributed by atoms with Crippen molar-refractivity contribution < 1.29 is 0 Å². The molecule has 3 saturated carbocycles. The van der Waals surface area contributed by atoms with Gasteiger partial charge in [0.1, 0.15) is 0 Å². The van der Waals surface area contributed by atoms with E-state index in [4.69, 9.17) is 0 Å². The molecule has 0 aliphatic heterocycles. The van der Waals surface area contributed by atoms with Crippen molar-refractivity contribution in [2.75, 3.05) is 6.54 Å². The van der Waals surface area contributed by atoms with Gasteiger partial charge in [-0.2, -0.15) is 0 Å². The molecule has 0 amide bonds. The van der Waals surface area contributed by atoms with Crippen molar-refractivity contribution >= 4 is 0 Å². The summed E-state index contributed by atoms with van der Waals surface area (Å²) in [5, 5.41) is 3.92. The normalized spacial score (nSPS) is 26.9. The van der Waals surface area contributed by atoms with E-state index in [1.54, 1.807) is 0 Å². The molecule has 3 fully saturated rings. The van der Waals surface area contributed by atoms with Gasteiger partial charge in [-0.15, -0.1) is 0 Å². The topological polar surface area (TPSA) is 12.0 Å². The van der Waals surface area contributed by atoms with E-state index in [1.165, 1.54) is 50.6 Å². The maximum Gasteiger partial charge on any atom is 0.0348 e. The quantitative estimate of drug-likeness (QED) is 0.796. The van der Waals surface area contributed by atoms with E-state index >= 15 is 0 Å². The summed E-state index contributed by atoms with van der Waals surface area (Å²) in [4.78, 5) is 0. The van der Waals surface area contributed by atoms with Crippen LogP contribution in [0.1, 0.15) is 50.1 Å².